The predicted molar refractivity (Wildman–Crippen MR) is 79.3 cm³/mol. The molecule has 0 heterocycles. The van der Waals surface area contributed by atoms with Crippen molar-refractivity contribution in [3.63, 3.8) is 0 Å². The lowest BCUT2D eigenvalue weighted by atomic mass is 10.3. The molecule has 0 bridgehead atoms. The Balaban J connectivity index is 3.66. The number of carbonyl (C=O) groups excluding carboxylic acids is 1. The number of unbranched alkanes of at least 4 members (excludes halogenated alkanes) is 4. The van der Waals surface area contributed by atoms with Crippen molar-refractivity contribution in [1.29, 1.82) is 0 Å². The van der Waals surface area contributed by atoms with Crippen LogP contribution in [0, 0.1) is 0 Å². The molecule has 0 aliphatic rings. The van der Waals surface area contributed by atoms with Gasteiger partial charge in [0.1, 0.15) is 13.6 Å². The minimum atomic E-state index is -2.04. The average Bonchev–Trinajstić information content (AvgIpc) is 2.39. The molecule has 0 amide bonds. The van der Waals surface area contributed by atoms with Gasteiger partial charge in [0.2, 0.25) is 0 Å². The minimum absolute atomic E-state index is 0.00569. The minimum Gasteiger partial charge on any atom is -0.465 e. The standard InChI is InChI=1S/C14H29O4P/c1-4-6-8-10-17-13(3)19(16)12-14(15)18-11-9-7-5-2/h13,19H,4-12H2,1-3H3. The summed E-state index contributed by atoms with van der Waals surface area (Å²) < 4.78 is 22.4. The van der Waals surface area contributed by atoms with E-state index >= 15 is 0 Å². The molecule has 0 rings (SSSR count). The van der Waals surface area contributed by atoms with Gasteiger partial charge in [-0.05, 0) is 19.8 Å². The fourth-order valence-electron chi connectivity index (χ4n) is 1.58. The molecule has 0 N–H and O–H groups in total. The third kappa shape index (κ3) is 11.2. The first kappa shape index (κ1) is 18.7. The van der Waals surface area contributed by atoms with Crippen LogP contribution in [-0.2, 0) is 18.8 Å². The van der Waals surface area contributed by atoms with Crippen molar-refractivity contribution >= 4 is 13.8 Å². The predicted octanol–water partition coefficient (Wildman–Crippen LogP) is 3.83. The summed E-state index contributed by atoms with van der Waals surface area (Å²) in [5.41, 5.74) is 0. The van der Waals surface area contributed by atoms with Crippen LogP contribution in [0.2, 0.25) is 0 Å². The van der Waals surface area contributed by atoms with Crippen molar-refractivity contribution in [2.45, 2.75) is 65.1 Å². The molecule has 0 aliphatic heterocycles. The van der Waals surface area contributed by atoms with Crippen LogP contribution in [0.5, 0.6) is 0 Å². The van der Waals surface area contributed by atoms with E-state index in [1.54, 1.807) is 6.92 Å². The lowest BCUT2D eigenvalue weighted by Gasteiger charge is -2.12. The van der Waals surface area contributed by atoms with Crippen LogP contribution in [-0.4, -0.2) is 31.2 Å². The molecule has 2 atom stereocenters. The van der Waals surface area contributed by atoms with Crippen LogP contribution < -0.4 is 0 Å². The Labute approximate surface area is 118 Å². The number of hydrogen-bond donors (Lipinski definition) is 0. The second-order valence-corrected chi connectivity index (χ2v) is 6.89. The van der Waals surface area contributed by atoms with Crippen LogP contribution in [0.25, 0.3) is 0 Å². The summed E-state index contributed by atoms with van der Waals surface area (Å²) in [5.74, 6) is -0.686. The maximum atomic E-state index is 11.9. The topological polar surface area (TPSA) is 52.6 Å². The van der Waals surface area contributed by atoms with Crippen molar-refractivity contribution in [3.05, 3.63) is 0 Å². The molecular weight excluding hydrogens is 263 g/mol. The number of rotatable bonds is 12. The average molecular weight is 292 g/mol. The van der Waals surface area contributed by atoms with Gasteiger partial charge in [-0.2, -0.15) is 0 Å². The van der Waals surface area contributed by atoms with Crippen molar-refractivity contribution in [3.8, 4) is 0 Å². The van der Waals surface area contributed by atoms with Gasteiger partial charge in [-0.15, -0.1) is 0 Å². The smallest absolute Gasteiger partial charge is 0.313 e. The van der Waals surface area contributed by atoms with E-state index in [0.29, 0.717) is 13.2 Å². The van der Waals surface area contributed by atoms with Crippen molar-refractivity contribution in [1.82, 2.24) is 0 Å². The Morgan fingerprint density at radius 2 is 1.63 bits per heavy atom. The van der Waals surface area contributed by atoms with E-state index in [0.717, 1.165) is 38.5 Å². The molecule has 2 unspecified atom stereocenters. The van der Waals surface area contributed by atoms with Crippen molar-refractivity contribution in [2.75, 3.05) is 19.4 Å². The van der Waals surface area contributed by atoms with E-state index in [-0.39, 0.29) is 18.0 Å². The molecule has 0 aromatic rings. The molecule has 0 spiro atoms. The second kappa shape index (κ2) is 12.7. The molecule has 114 valence electrons. The summed E-state index contributed by atoms with van der Waals surface area (Å²) >= 11 is 0. The van der Waals surface area contributed by atoms with Gasteiger partial charge in [-0.1, -0.05) is 39.5 Å². The summed E-state index contributed by atoms with van der Waals surface area (Å²) in [4.78, 5) is 11.4. The van der Waals surface area contributed by atoms with Gasteiger partial charge in [0, 0.05) is 6.61 Å². The molecule has 4 nitrogen and oxygen atoms in total. The van der Waals surface area contributed by atoms with Crippen LogP contribution >= 0.6 is 7.80 Å². The molecule has 0 saturated heterocycles. The van der Waals surface area contributed by atoms with Crippen molar-refractivity contribution < 1.29 is 18.8 Å². The molecule has 0 aliphatic carbocycles. The van der Waals surface area contributed by atoms with Gasteiger partial charge >= 0.3 is 5.97 Å². The summed E-state index contributed by atoms with van der Waals surface area (Å²) in [6.45, 7) is 7.06. The first-order valence-corrected chi connectivity index (χ1v) is 9.11. The normalized spacial score (nSPS) is 14.1. The summed E-state index contributed by atoms with van der Waals surface area (Å²) in [6.07, 6.45) is 6.27. The first-order valence-electron chi connectivity index (χ1n) is 7.41. The molecule has 0 aromatic heterocycles. The largest absolute Gasteiger partial charge is 0.465 e. The highest BCUT2D eigenvalue weighted by Crippen LogP contribution is 2.28. The molecule has 19 heavy (non-hydrogen) atoms. The molecule has 0 fully saturated rings. The van der Waals surface area contributed by atoms with Gasteiger partial charge in [-0.3, -0.25) is 4.79 Å². The van der Waals surface area contributed by atoms with E-state index in [1.807, 2.05) is 0 Å². The van der Waals surface area contributed by atoms with E-state index in [9.17, 15) is 9.36 Å². The van der Waals surface area contributed by atoms with Gasteiger partial charge < -0.3 is 14.0 Å². The summed E-state index contributed by atoms with van der Waals surface area (Å²) in [6, 6.07) is 0. The lowest BCUT2D eigenvalue weighted by molar-refractivity contribution is -0.140. The third-order valence-corrected chi connectivity index (χ3v) is 4.61. The van der Waals surface area contributed by atoms with Gasteiger partial charge in [-0.25, -0.2) is 0 Å². The second-order valence-electron chi connectivity index (χ2n) is 4.79. The fourth-order valence-corrected chi connectivity index (χ4v) is 2.56. The van der Waals surface area contributed by atoms with Gasteiger partial charge in [0.25, 0.3) is 0 Å². The Morgan fingerprint density at radius 3 is 2.21 bits per heavy atom. The van der Waals surface area contributed by atoms with E-state index in [4.69, 9.17) is 9.47 Å². The molecule has 0 radical (unpaired) electrons. The Bertz CT molecular complexity index is 256. The Morgan fingerprint density at radius 1 is 1.05 bits per heavy atom. The molecule has 0 aromatic carbocycles. The quantitative estimate of drug-likeness (QED) is 0.311. The maximum Gasteiger partial charge on any atom is 0.313 e. The summed E-state index contributed by atoms with van der Waals surface area (Å²) in [5, 5.41) is 0. The molecule has 5 heteroatoms. The first-order chi connectivity index (χ1) is 9.11. The van der Waals surface area contributed by atoms with E-state index < -0.39 is 7.80 Å². The number of esters is 1. The number of hydrogen-bond acceptors (Lipinski definition) is 4. The van der Waals surface area contributed by atoms with Crippen LogP contribution in [0.4, 0.5) is 0 Å². The maximum absolute atomic E-state index is 11.9. The SMILES string of the molecule is CCCCCOC(=O)C[PH](=O)C(C)OCCCCC. The third-order valence-electron chi connectivity index (χ3n) is 2.90. The van der Waals surface area contributed by atoms with E-state index in [1.165, 1.54) is 0 Å². The lowest BCUT2D eigenvalue weighted by Crippen LogP contribution is -2.13. The number of ether oxygens (including phenoxy) is 2. The van der Waals surface area contributed by atoms with Gasteiger partial charge in [0.05, 0.1) is 12.8 Å². The molecule has 0 saturated carbocycles. The van der Waals surface area contributed by atoms with Crippen LogP contribution in [0.1, 0.15) is 59.3 Å². The Hall–Kier alpha value is -0.340. The van der Waals surface area contributed by atoms with Crippen LogP contribution in [0.15, 0.2) is 0 Å². The Kier molecular flexibility index (Phi) is 12.5. The summed E-state index contributed by atoms with van der Waals surface area (Å²) in [7, 11) is -2.04. The molecular formula is C14H29O4P. The van der Waals surface area contributed by atoms with Crippen molar-refractivity contribution in [2.24, 2.45) is 0 Å². The zero-order valence-corrected chi connectivity index (χ0v) is 13.6. The number of carbonyl (C=O) groups is 1. The van der Waals surface area contributed by atoms with Crippen LogP contribution in [0.3, 0.4) is 0 Å². The fraction of sp³-hybridized carbons (Fsp3) is 0.929. The van der Waals surface area contributed by atoms with Gasteiger partial charge in [0.15, 0.2) is 0 Å². The zero-order chi connectivity index (χ0) is 14.5. The highest BCUT2D eigenvalue weighted by molar-refractivity contribution is 7.46. The zero-order valence-electron chi connectivity index (χ0n) is 12.6. The van der Waals surface area contributed by atoms with E-state index in [2.05, 4.69) is 13.8 Å². The highest BCUT2D eigenvalue weighted by Gasteiger charge is 2.16. The highest BCUT2D eigenvalue weighted by atomic mass is 31.1. The monoisotopic (exact) mass is 292 g/mol.